The second-order valence-electron chi connectivity index (χ2n) is 26.3. The standard InChI is InChI=1S/C37H34N4.C35H28N4.C15H10N2.4HI/c1-38-30-18-8-4-14-26(30)24-34-36(38)28-16-6-10-20-32(28)40(34)22-12-3-13-23-41-33-21-11-7-17-29(33)37-35(41)25-27-15-5-9-19-31(27)39(37)2;1(10-20-38-32-18-8-2-12-24(32)22-30-34(38)26-14-4-6-16-28(26)36-30)11-21-39-33-19-9-3-13-25(33)23-31-35(39)27-15-5-7-17-29(27)37-31;1-3-7-12-10(5-1)9-14-15(17-12)11-6-2-4-8-13(11)16-14;;;;/h4-11,14-21,24-25H,3,12-13,22-23H2,1-2H3;2-9,12-19,22-23H,1,10-11,20-21H2;1-9,16H;4*1H/q+2;;;;;;/p-2. The summed E-state index contributed by atoms with van der Waals surface area (Å²) in [5.41, 5.74) is 24.9. The number of pyridine rings is 5. The van der Waals surface area contributed by atoms with Crippen LogP contribution in [0, 0.1) is 0 Å². The van der Waals surface area contributed by atoms with Crippen molar-refractivity contribution in [1.29, 1.82) is 0 Å². The van der Waals surface area contributed by atoms with Gasteiger partial charge < -0.3 is 120 Å². The number of hydrogen-bond acceptors (Lipinski definition) is 1. The van der Waals surface area contributed by atoms with E-state index in [1.165, 1.54) is 155 Å². The van der Waals surface area contributed by atoms with Crippen molar-refractivity contribution in [1.82, 2.24) is 29.1 Å². The van der Waals surface area contributed by atoms with Gasteiger partial charge in [-0.3, -0.25) is 0 Å². The lowest BCUT2D eigenvalue weighted by Gasteiger charge is -2.09. The molecular formula is C87H74I4N10. The van der Waals surface area contributed by atoms with E-state index in [2.05, 4.69) is 305 Å². The second kappa shape index (κ2) is 29.6. The Morgan fingerprint density at radius 2 is 0.634 bits per heavy atom. The molecule has 10 aromatic carbocycles. The van der Waals surface area contributed by atoms with Crippen LogP contribution >= 0.6 is 0 Å². The Labute approximate surface area is 652 Å². The molecule has 0 amide bonds. The van der Waals surface area contributed by atoms with Crippen molar-refractivity contribution in [3.63, 3.8) is 0 Å². The highest BCUT2D eigenvalue weighted by Gasteiger charge is 2.25. The molecule has 14 heteroatoms. The number of para-hydroxylation sites is 10. The average Bonchev–Trinajstić information content (AvgIpc) is 1.65. The monoisotopic (exact) mass is 1770 g/mol. The molecule has 0 saturated carbocycles. The minimum Gasteiger partial charge on any atom is -1.00 e. The van der Waals surface area contributed by atoms with E-state index < -0.39 is 0 Å². The lowest BCUT2D eigenvalue weighted by Crippen LogP contribution is -3.00. The van der Waals surface area contributed by atoms with E-state index in [4.69, 9.17) is 4.98 Å². The van der Waals surface area contributed by atoms with Crippen LogP contribution in [0.2, 0.25) is 0 Å². The number of fused-ring (bicyclic) bond motifs is 20. The van der Waals surface area contributed by atoms with Gasteiger partial charge in [-0.25, -0.2) is 4.98 Å². The van der Waals surface area contributed by atoms with Gasteiger partial charge in [0.25, 0.3) is 0 Å². The molecule has 0 atom stereocenters. The minimum atomic E-state index is 0. The molecule has 20 aromatic rings. The summed E-state index contributed by atoms with van der Waals surface area (Å²) < 4.78 is 14.9. The Morgan fingerprint density at radius 3 is 1.12 bits per heavy atom. The summed E-state index contributed by atoms with van der Waals surface area (Å²) in [6.45, 7) is 4.05. The van der Waals surface area contributed by atoms with E-state index in [0.717, 1.165) is 73.9 Å². The Balaban J connectivity index is 0.000000135. The Bertz CT molecular complexity index is 6160. The third-order valence-electron chi connectivity index (χ3n) is 20.5. The molecule has 0 fully saturated rings. The van der Waals surface area contributed by atoms with Crippen molar-refractivity contribution in [3.8, 4) is 0 Å². The predicted octanol–water partition coefficient (Wildman–Crippen LogP) is 7.32. The summed E-state index contributed by atoms with van der Waals surface area (Å²) >= 11 is 0. The van der Waals surface area contributed by atoms with Crippen molar-refractivity contribution >= 4 is 164 Å². The molecule has 10 aromatic heterocycles. The zero-order valence-electron chi connectivity index (χ0n) is 56.2. The first-order valence-electron chi connectivity index (χ1n) is 34.5. The highest BCUT2D eigenvalue weighted by atomic mass is 127. The van der Waals surface area contributed by atoms with Crippen LogP contribution in [0.4, 0.5) is 0 Å². The molecule has 20 rings (SSSR count). The van der Waals surface area contributed by atoms with Gasteiger partial charge in [-0.1, -0.05) is 133 Å². The Kier molecular flexibility index (Phi) is 20.3. The smallest absolute Gasteiger partial charge is 0.238 e. The fourth-order valence-corrected chi connectivity index (χ4v) is 16.1. The summed E-state index contributed by atoms with van der Waals surface area (Å²) in [6, 6.07) is 98.1. The number of nitrogens with one attached hydrogen (secondary N) is 3. The maximum absolute atomic E-state index is 4.73. The van der Waals surface area contributed by atoms with E-state index >= 15 is 0 Å². The first kappa shape index (κ1) is 69.3. The molecule has 10 heterocycles. The molecule has 0 aliphatic carbocycles. The average molecular weight is 1770 g/mol. The molecule has 500 valence electrons. The van der Waals surface area contributed by atoms with Gasteiger partial charge in [0.2, 0.25) is 44.1 Å². The summed E-state index contributed by atoms with van der Waals surface area (Å²) in [5, 5.41) is 12.8. The molecule has 0 unspecified atom stereocenters. The molecule has 0 aliphatic rings. The molecular weight excluding hydrogens is 1690 g/mol. The maximum Gasteiger partial charge on any atom is 0.238 e. The van der Waals surface area contributed by atoms with Crippen LogP contribution in [0.5, 0.6) is 0 Å². The van der Waals surface area contributed by atoms with Gasteiger partial charge >= 0.3 is 0 Å². The quantitative estimate of drug-likeness (QED) is 0.0670. The van der Waals surface area contributed by atoms with Crippen LogP contribution in [-0.2, 0) is 40.3 Å². The van der Waals surface area contributed by atoms with Crippen LogP contribution < -0.4 is 114 Å². The predicted molar refractivity (Wildman–Crippen MR) is 402 cm³/mol. The molecule has 0 aliphatic heterocycles. The van der Waals surface area contributed by atoms with Crippen LogP contribution in [0.25, 0.3) is 164 Å². The third-order valence-corrected chi connectivity index (χ3v) is 20.5. The van der Waals surface area contributed by atoms with Crippen molar-refractivity contribution < 1.29 is 114 Å². The fraction of sp³-hybridized carbons (Fsp3) is 0.138. The molecule has 0 spiro atoms. The fourth-order valence-electron chi connectivity index (χ4n) is 16.1. The Hall–Kier alpha value is -8.83. The number of aryl methyl sites for hydroxylation is 6. The van der Waals surface area contributed by atoms with Crippen molar-refractivity contribution in [2.45, 2.75) is 64.7 Å². The highest BCUT2D eigenvalue weighted by molar-refractivity contribution is 6.11. The summed E-state index contributed by atoms with van der Waals surface area (Å²) in [5.74, 6) is 0. The summed E-state index contributed by atoms with van der Waals surface area (Å²) in [4.78, 5) is 15.4. The number of H-pyrrole nitrogens is 3. The molecule has 0 bridgehead atoms. The number of hydrogen-bond donors (Lipinski definition) is 3. The van der Waals surface area contributed by atoms with Gasteiger partial charge in [-0.05, 0) is 141 Å². The van der Waals surface area contributed by atoms with Gasteiger partial charge in [0.05, 0.1) is 60.2 Å². The number of nitrogens with zero attached hydrogens (tertiary/aromatic N) is 7. The topological polar surface area (TPSA) is 85.6 Å². The molecule has 10 nitrogen and oxygen atoms in total. The highest BCUT2D eigenvalue weighted by Crippen LogP contribution is 2.34. The number of aromatic amines is 3. The largest absolute Gasteiger partial charge is 1.00 e. The van der Waals surface area contributed by atoms with Crippen molar-refractivity contribution in [3.05, 3.63) is 273 Å². The Morgan fingerprint density at radius 1 is 0.287 bits per heavy atom. The van der Waals surface area contributed by atoms with E-state index in [1.807, 2.05) is 24.3 Å². The number of benzene rings is 10. The number of halogens is 4. The lowest BCUT2D eigenvalue weighted by molar-refractivity contribution is -0.649. The summed E-state index contributed by atoms with van der Waals surface area (Å²) in [7, 11) is 4.41. The van der Waals surface area contributed by atoms with Crippen LogP contribution in [0.15, 0.2) is 273 Å². The minimum absolute atomic E-state index is 0. The third kappa shape index (κ3) is 12.5. The maximum atomic E-state index is 4.73. The SMILES string of the molecule is C[n+]1c2ccccc2cc2c1c1ccccc1n2CCCCCn1c2ccccc2c2c1cc1ccccc1[n+]2C.[I-].[I-].[I-].[I-].c1ccc2c(c1)cc1[nH]c3ccccc3c1[n+]2CCCCC[n+]1c2ccccc2cc2[nH]c3ccccc3c21.c1ccc2nc3c(cc2c1)[nH]c1ccccc13. The van der Waals surface area contributed by atoms with Gasteiger partial charge in [0.1, 0.15) is 49.3 Å². The molecule has 3 N–H and O–H groups in total. The van der Waals surface area contributed by atoms with Gasteiger partial charge in [-0.15, -0.1) is 0 Å². The molecule has 0 radical (unpaired) electrons. The lowest BCUT2D eigenvalue weighted by atomic mass is 10.1. The first-order chi connectivity index (χ1) is 48.0. The van der Waals surface area contributed by atoms with Crippen LogP contribution in [-0.4, -0.2) is 29.1 Å². The van der Waals surface area contributed by atoms with E-state index in [1.54, 1.807) is 0 Å². The van der Waals surface area contributed by atoms with Crippen molar-refractivity contribution in [2.24, 2.45) is 14.1 Å². The number of unbranched alkanes of at least 4 members (excludes halogenated alkanes) is 4. The number of rotatable bonds is 12. The van der Waals surface area contributed by atoms with Crippen LogP contribution in [0.1, 0.15) is 38.5 Å². The van der Waals surface area contributed by atoms with Gasteiger partial charge in [0.15, 0.2) is 0 Å². The van der Waals surface area contributed by atoms with Crippen molar-refractivity contribution in [2.75, 3.05) is 0 Å². The zero-order chi connectivity index (χ0) is 64.5. The second-order valence-corrected chi connectivity index (χ2v) is 26.3. The van der Waals surface area contributed by atoms with E-state index in [9.17, 15) is 0 Å². The summed E-state index contributed by atoms with van der Waals surface area (Å²) in [6.07, 6.45) is 6.92. The first-order valence-corrected chi connectivity index (χ1v) is 34.5. The normalized spacial score (nSPS) is 11.5. The van der Waals surface area contributed by atoms with Crippen LogP contribution in [0.3, 0.4) is 0 Å². The van der Waals surface area contributed by atoms with E-state index in [-0.39, 0.29) is 95.9 Å². The zero-order valence-corrected chi connectivity index (χ0v) is 64.8. The molecule has 0 saturated heterocycles. The van der Waals surface area contributed by atoms with Gasteiger partial charge in [0, 0.05) is 88.0 Å². The number of aromatic nitrogens is 10. The van der Waals surface area contributed by atoms with E-state index in [0.29, 0.717) is 0 Å². The van der Waals surface area contributed by atoms with Gasteiger partial charge in [-0.2, -0.15) is 18.3 Å². The molecule has 101 heavy (non-hydrogen) atoms.